The van der Waals surface area contributed by atoms with Crippen molar-refractivity contribution in [1.29, 1.82) is 0 Å². The van der Waals surface area contributed by atoms with Gasteiger partial charge < -0.3 is 20.2 Å². The summed E-state index contributed by atoms with van der Waals surface area (Å²) >= 11 is 0. The Labute approximate surface area is 147 Å². The number of carboxylic acids is 1. The highest BCUT2D eigenvalue weighted by molar-refractivity contribution is 6.14. The lowest BCUT2D eigenvalue weighted by molar-refractivity contribution is -0.145. The molecular weight excluding hydrogens is 322 g/mol. The first kappa shape index (κ1) is 17.9. The van der Waals surface area contributed by atoms with Crippen LogP contribution >= 0.6 is 0 Å². The Hall–Kier alpha value is -1.92. The predicted molar refractivity (Wildman–Crippen MR) is 91.6 cm³/mol. The van der Waals surface area contributed by atoms with Crippen molar-refractivity contribution < 1.29 is 24.9 Å². The van der Waals surface area contributed by atoms with Crippen LogP contribution in [0.25, 0.3) is 0 Å². The lowest BCUT2D eigenvalue weighted by Crippen LogP contribution is -2.50. The van der Waals surface area contributed by atoms with Crippen molar-refractivity contribution in [1.82, 2.24) is 4.90 Å². The summed E-state index contributed by atoms with van der Waals surface area (Å²) in [5.74, 6) is -1.57. The molecule has 4 unspecified atom stereocenters. The van der Waals surface area contributed by atoms with Gasteiger partial charge in [-0.3, -0.25) is 4.79 Å². The normalized spacial score (nSPS) is 32.9. The smallest absolute Gasteiger partial charge is 0.329 e. The lowest BCUT2D eigenvalue weighted by Gasteiger charge is -2.43. The second-order valence-electron chi connectivity index (χ2n) is 8.20. The van der Waals surface area contributed by atoms with Crippen LogP contribution in [0.15, 0.2) is 35.1 Å². The molecule has 3 rings (SSSR count). The fourth-order valence-corrected chi connectivity index (χ4v) is 4.36. The van der Waals surface area contributed by atoms with E-state index in [4.69, 9.17) is 0 Å². The van der Waals surface area contributed by atoms with Gasteiger partial charge in [0.2, 0.25) is 0 Å². The number of aliphatic carboxylic acids is 1. The quantitative estimate of drug-likeness (QED) is 0.711. The SMILES string of the molecule is CC(O)C(C(=O)O)N1C=C2C(=O)C3=CC(C)(C)CC3C(C)(O)C2=CC1. The topological polar surface area (TPSA) is 98.1 Å². The third kappa shape index (κ3) is 2.73. The third-order valence-electron chi connectivity index (χ3n) is 5.54. The van der Waals surface area contributed by atoms with E-state index in [2.05, 4.69) is 0 Å². The highest BCUT2D eigenvalue weighted by Crippen LogP contribution is 2.53. The third-order valence-corrected chi connectivity index (χ3v) is 5.54. The second kappa shape index (κ2) is 5.54. The van der Waals surface area contributed by atoms with Gasteiger partial charge in [0.05, 0.1) is 11.7 Å². The highest BCUT2D eigenvalue weighted by atomic mass is 16.4. The Balaban J connectivity index is 2.05. The van der Waals surface area contributed by atoms with Crippen LogP contribution in [0.3, 0.4) is 0 Å². The molecule has 0 spiro atoms. The first-order valence-electron chi connectivity index (χ1n) is 8.55. The van der Waals surface area contributed by atoms with Gasteiger partial charge in [0.1, 0.15) is 0 Å². The minimum absolute atomic E-state index is 0.159. The number of aliphatic hydroxyl groups excluding tert-OH is 1. The molecule has 0 aromatic heterocycles. The lowest BCUT2D eigenvalue weighted by atomic mass is 9.67. The summed E-state index contributed by atoms with van der Waals surface area (Å²) in [5, 5.41) is 30.3. The standard InChI is InChI=1S/C19H25NO5/c1-10(21)15(17(23)24)20-6-5-13-12(9-20)16(22)11-7-18(2,3)8-14(11)19(13,4)25/h5,7,9-10,14-15,21,25H,6,8H2,1-4H3,(H,23,24). The van der Waals surface area contributed by atoms with Gasteiger partial charge in [-0.15, -0.1) is 0 Å². The average Bonchev–Trinajstić information content (AvgIpc) is 2.81. The number of Topliss-reactive ketones (excluding diaryl/α,β-unsaturated/α-hetero) is 1. The average molecular weight is 347 g/mol. The molecule has 1 fully saturated rings. The van der Waals surface area contributed by atoms with E-state index in [1.54, 1.807) is 13.0 Å². The molecule has 3 aliphatic rings. The molecule has 136 valence electrons. The Bertz CT molecular complexity index is 726. The van der Waals surface area contributed by atoms with Crippen molar-refractivity contribution in [3.8, 4) is 0 Å². The van der Waals surface area contributed by atoms with Crippen LogP contribution in [0.5, 0.6) is 0 Å². The zero-order valence-corrected chi connectivity index (χ0v) is 15.0. The molecule has 0 radical (unpaired) electrons. The molecule has 1 heterocycles. The number of carbonyl (C=O) groups excluding carboxylic acids is 1. The number of hydrogen-bond acceptors (Lipinski definition) is 5. The number of carboxylic acid groups (broad SMARTS) is 1. The number of nitrogens with zero attached hydrogens (tertiary/aromatic N) is 1. The van der Waals surface area contributed by atoms with Crippen molar-refractivity contribution >= 4 is 11.8 Å². The molecule has 1 aliphatic heterocycles. The van der Waals surface area contributed by atoms with Gasteiger partial charge in [0, 0.05) is 29.8 Å². The molecule has 0 aromatic rings. The van der Waals surface area contributed by atoms with Gasteiger partial charge in [0.15, 0.2) is 11.8 Å². The summed E-state index contributed by atoms with van der Waals surface area (Å²) in [5.41, 5.74) is 0.141. The van der Waals surface area contributed by atoms with Crippen LogP contribution in [0, 0.1) is 11.3 Å². The minimum Gasteiger partial charge on any atom is -0.480 e. The van der Waals surface area contributed by atoms with Gasteiger partial charge in [-0.2, -0.15) is 0 Å². The number of fused-ring (bicyclic) bond motifs is 2. The molecule has 25 heavy (non-hydrogen) atoms. The van der Waals surface area contributed by atoms with Crippen LogP contribution in [-0.4, -0.2) is 56.3 Å². The Morgan fingerprint density at radius 2 is 2.00 bits per heavy atom. The predicted octanol–water partition coefficient (Wildman–Crippen LogP) is 1.25. The van der Waals surface area contributed by atoms with Crippen molar-refractivity contribution in [3.63, 3.8) is 0 Å². The van der Waals surface area contributed by atoms with Crippen LogP contribution in [0.4, 0.5) is 0 Å². The zero-order valence-electron chi connectivity index (χ0n) is 15.0. The number of hydrogen-bond donors (Lipinski definition) is 3. The van der Waals surface area contributed by atoms with Crippen LogP contribution in [0.1, 0.15) is 34.1 Å². The summed E-state index contributed by atoms with van der Waals surface area (Å²) in [6.45, 7) is 7.42. The Kier molecular flexibility index (Phi) is 3.96. The van der Waals surface area contributed by atoms with E-state index in [-0.39, 0.29) is 23.7 Å². The Morgan fingerprint density at radius 1 is 1.36 bits per heavy atom. The summed E-state index contributed by atoms with van der Waals surface area (Å²) in [6, 6.07) is -1.14. The van der Waals surface area contributed by atoms with E-state index >= 15 is 0 Å². The Morgan fingerprint density at radius 3 is 2.56 bits per heavy atom. The minimum atomic E-state index is -1.17. The van der Waals surface area contributed by atoms with Crippen LogP contribution in [-0.2, 0) is 9.59 Å². The zero-order chi connectivity index (χ0) is 18.7. The van der Waals surface area contributed by atoms with Crippen molar-refractivity contribution in [3.05, 3.63) is 35.1 Å². The van der Waals surface area contributed by atoms with Gasteiger partial charge in [-0.25, -0.2) is 4.79 Å². The van der Waals surface area contributed by atoms with E-state index in [1.165, 1.54) is 18.0 Å². The fourth-order valence-electron chi connectivity index (χ4n) is 4.36. The maximum absolute atomic E-state index is 13.0. The molecule has 1 saturated carbocycles. The largest absolute Gasteiger partial charge is 0.480 e. The molecular formula is C19H25NO5. The molecule has 4 atom stereocenters. The number of ketones is 1. The van der Waals surface area contributed by atoms with E-state index in [9.17, 15) is 24.9 Å². The molecule has 6 heteroatoms. The van der Waals surface area contributed by atoms with E-state index in [1.807, 2.05) is 19.9 Å². The number of allylic oxidation sites excluding steroid dienone is 1. The van der Waals surface area contributed by atoms with E-state index < -0.39 is 23.7 Å². The molecule has 3 N–H and O–H groups in total. The molecule has 0 bridgehead atoms. The molecule has 0 aromatic carbocycles. The summed E-state index contributed by atoms with van der Waals surface area (Å²) in [6.07, 6.45) is 4.73. The monoisotopic (exact) mass is 347 g/mol. The van der Waals surface area contributed by atoms with E-state index in [0.29, 0.717) is 23.1 Å². The van der Waals surface area contributed by atoms with Gasteiger partial charge in [0.25, 0.3) is 0 Å². The molecule has 0 saturated heterocycles. The first-order chi connectivity index (χ1) is 11.5. The van der Waals surface area contributed by atoms with Crippen molar-refractivity contribution in [2.75, 3.05) is 6.54 Å². The molecule has 6 nitrogen and oxygen atoms in total. The van der Waals surface area contributed by atoms with Gasteiger partial charge in [-0.05, 0) is 31.3 Å². The summed E-state index contributed by atoms with van der Waals surface area (Å²) < 4.78 is 0. The van der Waals surface area contributed by atoms with Crippen molar-refractivity contribution in [2.45, 2.75) is 51.9 Å². The van der Waals surface area contributed by atoms with Gasteiger partial charge in [-0.1, -0.05) is 26.0 Å². The van der Waals surface area contributed by atoms with Crippen LogP contribution < -0.4 is 0 Å². The summed E-state index contributed by atoms with van der Waals surface area (Å²) in [7, 11) is 0. The number of carbonyl (C=O) groups is 2. The molecule has 2 aliphatic carbocycles. The molecule has 0 amide bonds. The maximum atomic E-state index is 13.0. The maximum Gasteiger partial charge on any atom is 0.329 e. The van der Waals surface area contributed by atoms with E-state index in [0.717, 1.165) is 0 Å². The fraction of sp³-hybridized carbons (Fsp3) is 0.579. The van der Waals surface area contributed by atoms with Crippen LogP contribution in [0.2, 0.25) is 0 Å². The van der Waals surface area contributed by atoms with Gasteiger partial charge >= 0.3 is 5.97 Å². The van der Waals surface area contributed by atoms with Crippen molar-refractivity contribution in [2.24, 2.45) is 11.3 Å². The number of aliphatic hydroxyl groups is 2. The highest BCUT2D eigenvalue weighted by Gasteiger charge is 2.53. The number of rotatable bonds is 3. The first-order valence-corrected chi connectivity index (χ1v) is 8.55. The second-order valence-corrected chi connectivity index (χ2v) is 8.20. The summed E-state index contributed by atoms with van der Waals surface area (Å²) in [4.78, 5) is 25.9.